The molecular weight excluding hydrogens is 196 g/mol. The van der Waals surface area contributed by atoms with Crippen molar-refractivity contribution < 1.29 is 0 Å². The van der Waals surface area contributed by atoms with Crippen LogP contribution in [0.25, 0.3) is 0 Å². The molecule has 0 spiro atoms. The van der Waals surface area contributed by atoms with E-state index >= 15 is 0 Å². The molecule has 1 fully saturated rings. The Kier molecular flexibility index (Phi) is 5.77. The van der Waals surface area contributed by atoms with Gasteiger partial charge >= 0.3 is 0 Å². The molecule has 1 N–H and O–H groups in total. The second-order valence-corrected chi connectivity index (χ2v) is 6.26. The van der Waals surface area contributed by atoms with E-state index in [1.807, 2.05) is 0 Å². The van der Waals surface area contributed by atoms with Crippen molar-refractivity contribution >= 4 is 0 Å². The van der Waals surface area contributed by atoms with Crippen molar-refractivity contribution in [2.24, 2.45) is 0 Å². The average Bonchev–Trinajstić information content (AvgIpc) is 2.24. The van der Waals surface area contributed by atoms with Gasteiger partial charge in [0, 0.05) is 11.6 Å². The van der Waals surface area contributed by atoms with E-state index in [0.717, 1.165) is 12.6 Å². The number of piperidine rings is 1. The molecule has 0 saturated carbocycles. The van der Waals surface area contributed by atoms with Crippen LogP contribution in [0.5, 0.6) is 0 Å². The zero-order valence-corrected chi connectivity index (χ0v) is 11.7. The van der Waals surface area contributed by atoms with Crippen molar-refractivity contribution in [2.75, 3.05) is 19.6 Å². The minimum absolute atomic E-state index is 0.272. The Balaban J connectivity index is 2.07. The molecule has 1 rings (SSSR count). The summed E-state index contributed by atoms with van der Waals surface area (Å²) in [4.78, 5) is 2.67. The lowest BCUT2D eigenvalue weighted by atomic mass is 10.1. The highest BCUT2D eigenvalue weighted by atomic mass is 15.1. The number of nitrogens with one attached hydrogen (secondary N) is 1. The van der Waals surface area contributed by atoms with E-state index in [4.69, 9.17) is 0 Å². The highest BCUT2D eigenvalue weighted by molar-refractivity contribution is 4.73. The summed E-state index contributed by atoms with van der Waals surface area (Å²) in [5, 5.41) is 3.56. The third kappa shape index (κ3) is 5.86. The molecule has 0 bridgehead atoms. The van der Waals surface area contributed by atoms with Gasteiger partial charge in [-0.1, -0.05) is 6.42 Å². The summed E-state index contributed by atoms with van der Waals surface area (Å²) < 4.78 is 0. The molecule has 0 aromatic carbocycles. The Morgan fingerprint density at radius 1 is 1.12 bits per heavy atom. The van der Waals surface area contributed by atoms with Crippen LogP contribution in [-0.4, -0.2) is 36.1 Å². The van der Waals surface area contributed by atoms with E-state index in [-0.39, 0.29) is 5.54 Å². The van der Waals surface area contributed by atoms with Crippen molar-refractivity contribution in [3.63, 3.8) is 0 Å². The van der Waals surface area contributed by atoms with Crippen LogP contribution in [0.1, 0.15) is 59.8 Å². The third-order valence-electron chi connectivity index (χ3n) is 3.47. The fourth-order valence-corrected chi connectivity index (χ4v) is 2.40. The van der Waals surface area contributed by atoms with Crippen LogP contribution < -0.4 is 5.32 Å². The molecule has 0 amide bonds. The van der Waals surface area contributed by atoms with Gasteiger partial charge in [0.2, 0.25) is 0 Å². The molecule has 16 heavy (non-hydrogen) atoms. The Morgan fingerprint density at radius 2 is 1.75 bits per heavy atom. The summed E-state index contributed by atoms with van der Waals surface area (Å²) in [7, 11) is 0. The first-order valence-electron chi connectivity index (χ1n) is 6.98. The fourth-order valence-electron chi connectivity index (χ4n) is 2.40. The minimum Gasteiger partial charge on any atom is -0.312 e. The molecule has 1 unspecified atom stereocenters. The molecule has 1 aliphatic rings. The maximum atomic E-state index is 3.56. The first-order valence-corrected chi connectivity index (χ1v) is 6.98. The molecule has 1 heterocycles. The van der Waals surface area contributed by atoms with Crippen molar-refractivity contribution in [3.8, 4) is 0 Å². The maximum absolute atomic E-state index is 3.56. The van der Waals surface area contributed by atoms with Crippen LogP contribution in [-0.2, 0) is 0 Å². The first kappa shape index (κ1) is 14.0. The van der Waals surface area contributed by atoms with Crippen LogP contribution in [0.3, 0.4) is 0 Å². The average molecular weight is 226 g/mol. The second kappa shape index (κ2) is 6.61. The zero-order valence-electron chi connectivity index (χ0n) is 11.7. The Bertz CT molecular complexity index is 178. The van der Waals surface area contributed by atoms with Crippen LogP contribution in [0.2, 0.25) is 0 Å². The minimum atomic E-state index is 0.272. The number of hydrogen-bond acceptors (Lipinski definition) is 2. The van der Waals surface area contributed by atoms with E-state index in [2.05, 4.69) is 37.9 Å². The quantitative estimate of drug-likeness (QED) is 0.725. The summed E-state index contributed by atoms with van der Waals surface area (Å²) in [5.74, 6) is 0. The van der Waals surface area contributed by atoms with Gasteiger partial charge in [0.1, 0.15) is 0 Å². The predicted molar refractivity (Wildman–Crippen MR) is 71.9 cm³/mol. The van der Waals surface area contributed by atoms with Gasteiger partial charge in [-0.2, -0.15) is 0 Å². The van der Waals surface area contributed by atoms with Crippen molar-refractivity contribution in [2.45, 2.75) is 71.4 Å². The smallest absolute Gasteiger partial charge is 0.00965 e. The number of rotatable bonds is 5. The van der Waals surface area contributed by atoms with Crippen LogP contribution >= 0.6 is 0 Å². The van der Waals surface area contributed by atoms with E-state index in [9.17, 15) is 0 Å². The lowest BCUT2D eigenvalue weighted by molar-refractivity contribution is 0.164. The maximum Gasteiger partial charge on any atom is 0.00965 e. The van der Waals surface area contributed by atoms with E-state index in [1.54, 1.807) is 0 Å². The molecule has 1 saturated heterocycles. The first-order chi connectivity index (χ1) is 7.49. The van der Waals surface area contributed by atoms with Gasteiger partial charge < -0.3 is 10.2 Å². The van der Waals surface area contributed by atoms with Crippen molar-refractivity contribution in [1.29, 1.82) is 0 Å². The van der Waals surface area contributed by atoms with Gasteiger partial charge in [-0.25, -0.2) is 0 Å². The Hall–Kier alpha value is -0.0800. The lowest BCUT2D eigenvalue weighted by Crippen LogP contribution is -2.39. The van der Waals surface area contributed by atoms with Crippen LogP contribution in [0.4, 0.5) is 0 Å². The fraction of sp³-hybridized carbons (Fsp3) is 1.00. The monoisotopic (exact) mass is 226 g/mol. The molecular formula is C14H30N2. The molecule has 1 atom stereocenters. The van der Waals surface area contributed by atoms with Crippen molar-refractivity contribution in [3.05, 3.63) is 0 Å². The SMILES string of the molecule is CC(CCCNC(C)(C)C)N1CCCCC1. The summed E-state index contributed by atoms with van der Waals surface area (Å²) in [6.07, 6.45) is 6.89. The number of likely N-dealkylation sites (tertiary alicyclic amines) is 1. The Morgan fingerprint density at radius 3 is 2.31 bits per heavy atom. The van der Waals surface area contributed by atoms with Gasteiger partial charge in [-0.3, -0.25) is 0 Å². The van der Waals surface area contributed by atoms with E-state index < -0.39 is 0 Å². The van der Waals surface area contributed by atoms with Gasteiger partial charge in [0.15, 0.2) is 0 Å². The number of hydrogen-bond donors (Lipinski definition) is 1. The largest absolute Gasteiger partial charge is 0.312 e. The van der Waals surface area contributed by atoms with Crippen molar-refractivity contribution in [1.82, 2.24) is 10.2 Å². The van der Waals surface area contributed by atoms with E-state index in [1.165, 1.54) is 45.2 Å². The molecule has 96 valence electrons. The van der Waals surface area contributed by atoms with Gasteiger partial charge in [-0.05, 0) is 73.0 Å². The molecule has 1 aliphatic heterocycles. The summed E-state index contributed by atoms with van der Waals surface area (Å²) >= 11 is 0. The molecule has 2 nitrogen and oxygen atoms in total. The summed E-state index contributed by atoms with van der Waals surface area (Å²) in [6, 6.07) is 0.780. The molecule has 0 aromatic rings. The molecule has 0 radical (unpaired) electrons. The van der Waals surface area contributed by atoms with Crippen LogP contribution in [0, 0.1) is 0 Å². The highest BCUT2D eigenvalue weighted by Gasteiger charge is 2.16. The van der Waals surface area contributed by atoms with Gasteiger partial charge in [0.05, 0.1) is 0 Å². The summed E-state index contributed by atoms with van der Waals surface area (Å²) in [6.45, 7) is 12.9. The standard InChI is InChI=1S/C14H30N2/c1-13(16-11-6-5-7-12-16)9-8-10-15-14(2,3)4/h13,15H,5-12H2,1-4H3. The number of nitrogens with zero attached hydrogens (tertiary/aromatic N) is 1. The molecule has 2 heteroatoms. The Labute approximate surface area is 102 Å². The predicted octanol–water partition coefficient (Wildman–Crippen LogP) is 3.03. The van der Waals surface area contributed by atoms with E-state index in [0.29, 0.717) is 0 Å². The summed E-state index contributed by atoms with van der Waals surface area (Å²) in [5.41, 5.74) is 0.272. The lowest BCUT2D eigenvalue weighted by Gasteiger charge is -2.32. The molecule has 0 aromatic heterocycles. The zero-order chi connectivity index (χ0) is 12.0. The van der Waals surface area contributed by atoms with Crippen LogP contribution in [0.15, 0.2) is 0 Å². The molecule has 0 aliphatic carbocycles. The van der Waals surface area contributed by atoms with Gasteiger partial charge in [-0.15, -0.1) is 0 Å². The topological polar surface area (TPSA) is 15.3 Å². The second-order valence-electron chi connectivity index (χ2n) is 6.26. The van der Waals surface area contributed by atoms with Gasteiger partial charge in [0.25, 0.3) is 0 Å². The third-order valence-corrected chi connectivity index (χ3v) is 3.47. The highest BCUT2D eigenvalue weighted by Crippen LogP contribution is 2.14. The normalized spacial score (nSPS) is 21.0.